The molecule has 1 heterocycles. The summed E-state index contributed by atoms with van der Waals surface area (Å²) in [5, 5.41) is 6.22. The van der Waals surface area contributed by atoms with E-state index in [1.54, 1.807) is 13.0 Å². The molecule has 0 aliphatic rings. The highest BCUT2D eigenvalue weighted by atomic mass is 19.2. The number of hydrogen-bond donors (Lipinski definition) is 1. The van der Waals surface area contributed by atoms with Gasteiger partial charge in [0.15, 0.2) is 17.5 Å². The molecule has 4 nitrogen and oxygen atoms in total. The summed E-state index contributed by atoms with van der Waals surface area (Å²) in [5.41, 5.74) is 0.302. The number of hydrogen-bond acceptors (Lipinski definition) is 2. The van der Waals surface area contributed by atoms with E-state index in [-0.39, 0.29) is 16.9 Å². The maximum Gasteiger partial charge on any atom is 0.259 e. The molecular formula is C17H11F4N3O. The van der Waals surface area contributed by atoms with Crippen LogP contribution in [-0.2, 0) is 0 Å². The van der Waals surface area contributed by atoms with Crippen LogP contribution in [-0.4, -0.2) is 15.7 Å². The van der Waals surface area contributed by atoms with Crippen LogP contribution in [0.4, 0.5) is 23.2 Å². The van der Waals surface area contributed by atoms with Gasteiger partial charge in [-0.1, -0.05) is 12.1 Å². The second kappa shape index (κ2) is 6.39. The van der Waals surface area contributed by atoms with Gasteiger partial charge in [0.1, 0.15) is 11.5 Å². The zero-order chi connectivity index (χ0) is 18.1. The van der Waals surface area contributed by atoms with Crippen LogP contribution in [0.25, 0.3) is 5.69 Å². The Morgan fingerprint density at radius 3 is 2.32 bits per heavy atom. The minimum atomic E-state index is -1.62. The van der Waals surface area contributed by atoms with E-state index in [1.165, 1.54) is 29.1 Å². The molecule has 0 bridgehead atoms. The van der Waals surface area contributed by atoms with Gasteiger partial charge in [0.2, 0.25) is 0 Å². The smallest absolute Gasteiger partial charge is 0.259 e. The number of rotatable bonds is 3. The van der Waals surface area contributed by atoms with Crippen LogP contribution >= 0.6 is 0 Å². The Balaban J connectivity index is 1.91. The summed E-state index contributed by atoms with van der Waals surface area (Å²) in [6.45, 7) is 1.54. The van der Waals surface area contributed by atoms with Crippen molar-refractivity contribution in [1.82, 2.24) is 9.78 Å². The van der Waals surface area contributed by atoms with Crippen LogP contribution in [0.3, 0.4) is 0 Å². The fourth-order valence-electron chi connectivity index (χ4n) is 2.33. The first kappa shape index (κ1) is 16.7. The summed E-state index contributed by atoms with van der Waals surface area (Å²) in [7, 11) is 0. The molecule has 0 spiro atoms. The Morgan fingerprint density at radius 1 is 1.04 bits per heavy atom. The highest BCUT2D eigenvalue weighted by molar-refractivity contribution is 6.05. The van der Waals surface area contributed by atoms with E-state index in [1.807, 2.05) is 0 Å². The molecule has 1 N–H and O–H groups in total. The lowest BCUT2D eigenvalue weighted by Gasteiger charge is -2.08. The van der Waals surface area contributed by atoms with E-state index < -0.39 is 29.2 Å². The number of anilines is 1. The molecule has 0 fully saturated rings. The van der Waals surface area contributed by atoms with Crippen molar-refractivity contribution in [2.24, 2.45) is 0 Å². The van der Waals surface area contributed by atoms with Gasteiger partial charge in [-0.2, -0.15) is 5.10 Å². The van der Waals surface area contributed by atoms with E-state index in [4.69, 9.17) is 0 Å². The van der Waals surface area contributed by atoms with Crippen LogP contribution in [0.15, 0.2) is 42.6 Å². The number of aromatic nitrogens is 2. The van der Waals surface area contributed by atoms with Gasteiger partial charge in [-0.25, -0.2) is 22.2 Å². The predicted octanol–water partition coefficient (Wildman–Crippen LogP) is 3.99. The Hall–Kier alpha value is -3.16. The minimum absolute atomic E-state index is 0.0772. The Labute approximate surface area is 139 Å². The maximum atomic E-state index is 13.9. The molecule has 128 valence electrons. The Kier molecular flexibility index (Phi) is 4.26. The molecule has 2 aromatic carbocycles. The highest BCUT2D eigenvalue weighted by Crippen LogP contribution is 2.20. The summed E-state index contributed by atoms with van der Waals surface area (Å²) in [6.07, 6.45) is 1.20. The van der Waals surface area contributed by atoms with E-state index >= 15 is 0 Å². The number of carbonyl (C=O) groups is 1. The van der Waals surface area contributed by atoms with Gasteiger partial charge >= 0.3 is 0 Å². The van der Waals surface area contributed by atoms with Gasteiger partial charge in [0.25, 0.3) is 5.91 Å². The molecule has 3 rings (SSSR count). The number of halogens is 4. The SMILES string of the molecule is Cc1c(C(=O)Nc2cc(F)c(F)c(F)c2)cnn1-c1ccccc1F. The van der Waals surface area contributed by atoms with Crippen LogP contribution < -0.4 is 5.32 Å². The summed E-state index contributed by atoms with van der Waals surface area (Å²) < 4.78 is 54.5. The van der Waals surface area contributed by atoms with Crippen molar-refractivity contribution in [1.29, 1.82) is 0 Å². The largest absolute Gasteiger partial charge is 0.322 e. The van der Waals surface area contributed by atoms with Crippen LogP contribution in [0.2, 0.25) is 0 Å². The first-order valence-corrected chi connectivity index (χ1v) is 7.14. The first-order chi connectivity index (χ1) is 11.9. The van der Waals surface area contributed by atoms with E-state index in [0.29, 0.717) is 17.8 Å². The van der Waals surface area contributed by atoms with Gasteiger partial charge in [-0.05, 0) is 19.1 Å². The molecule has 3 aromatic rings. The number of para-hydroxylation sites is 1. The molecule has 0 unspecified atom stereocenters. The first-order valence-electron chi connectivity index (χ1n) is 7.14. The average Bonchev–Trinajstić information content (AvgIpc) is 2.94. The lowest BCUT2D eigenvalue weighted by Crippen LogP contribution is -2.14. The fraction of sp³-hybridized carbons (Fsp3) is 0.0588. The molecule has 0 aliphatic carbocycles. The molecule has 1 amide bonds. The van der Waals surface area contributed by atoms with Crippen LogP contribution in [0.1, 0.15) is 16.1 Å². The Bertz CT molecular complexity index is 945. The zero-order valence-corrected chi connectivity index (χ0v) is 12.9. The lowest BCUT2D eigenvalue weighted by molar-refractivity contribution is 0.102. The van der Waals surface area contributed by atoms with Crippen molar-refractivity contribution in [3.8, 4) is 5.69 Å². The van der Waals surface area contributed by atoms with Crippen molar-refractivity contribution in [2.45, 2.75) is 6.92 Å². The summed E-state index contributed by atoms with van der Waals surface area (Å²) >= 11 is 0. The molecule has 0 aliphatic heterocycles. The Morgan fingerprint density at radius 2 is 1.68 bits per heavy atom. The molecule has 0 radical (unpaired) electrons. The van der Waals surface area contributed by atoms with Gasteiger partial charge in [-0.3, -0.25) is 4.79 Å². The molecule has 0 saturated carbocycles. The van der Waals surface area contributed by atoms with Gasteiger partial charge < -0.3 is 5.32 Å². The molecule has 0 saturated heterocycles. The number of benzene rings is 2. The number of nitrogens with zero attached hydrogens (tertiary/aromatic N) is 2. The molecular weight excluding hydrogens is 338 g/mol. The number of carbonyl (C=O) groups excluding carboxylic acids is 1. The monoisotopic (exact) mass is 349 g/mol. The molecule has 1 aromatic heterocycles. The standard InChI is InChI=1S/C17H11F4N3O/c1-9-11(8-22-24(9)15-5-3-2-4-12(15)18)17(25)23-10-6-13(19)16(21)14(20)7-10/h2-8H,1H3,(H,23,25). The maximum absolute atomic E-state index is 13.9. The second-order valence-electron chi connectivity index (χ2n) is 5.21. The topological polar surface area (TPSA) is 46.9 Å². The third-order valence-corrected chi connectivity index (χ3v) is 3.58. The predicted molar refractivity (Wildman–Crippen MR) is 82.5 cm³/mol. The van der Waals surface area contributed by atoms with Crippen molar-refractivity contribution < 1.29 is 22.4 Å². The number of nitrogens with one attached hydrogen (secondary N) is 1. The fourth-order valence-corrected chi connectivity index (χ4v) is 2.33. The lowest BCUT2D eigenvalue weighted by atomic mass is 10.2. The van der Waals surface area contributed by atoms with Crippen molar-refractivity contribution in [2.75, 3.05) is 5.32 Å². The minimum Gasteiger partial charge on any atom is -0.322 e. The third kappa shape index (κ3) is 3.10. The summed E-state index contributed by atoms with van der Waals surface area (Å²) in [4.78, 5) is 12.3. The average molecular weight is 349 g/mol. The molecule has 0 atom stereocenters. The quantitative estimate of drug-likeness (QED) is 0.574. The van der Waals surface area contributed by atoms with Crippen LogP contribution in [0, 0.1) is 30.2 Å². The number of amides is 1. The van der Waals surface area contributed by atoms with Gasteiger partial charge in [0.05, 0.1) is 17.5 Å². The van der Waals surface area contributed by atoms with Gasteiger partial charge in [0, 0.05) is 17.8 Å². The highest BCUT2D eigenvalue weighted by Gasteiger charge is 2.18. The van der Waals surface area contributed by atoms with E-state index in [9.17, 15) is 22.4 Å². The van der Waals surface area contributed by atoms with Crippen LogP contribution in [0.5, 0.6) is 0 Å². The van der Waals surface area contributed by atoms with Crippen molar-refractivity contribution in [3.05, 3.63) is 77.1 Å². The zero-order valence-electron chi connectivity index (χ0n) is 12.9. The van der Waals surface area contributed by atoms with Gasteiger partial charge in [-0.15, -0.1) is 0 Å². The molecule has 8 heteroatoms. The molecule has 25 heavy (non-hydrogen) atoms. The van der Waals surface area contributed by atoms with E-state index in [2.05, 4.69) is 10.4 Å². The summed E-state index contributed by atoms with van der Waals surface area (Å²) in [5.74, 6) is -5.71. The summed E-state index contributed by atoms with van der Waals surface area (Å²) in [6, 6.07) is 7.19. The normalized spacial score (nSPS) is 10.8. The second-order valence-corrected chi connectivity index (χ2v) is 5.21. The van der Waals surface area contributed by atoms with E-state index in [0.717, 1.165) is 0 Å². The van der Waals surface area contributed by atoms with Crippen molar-refractivity contribution in [3.63, 3.8) is 0 Å². The van der Waals surface area contributed by atoms with Crippen molar-refractivity contribution >= 4 is 11.6 Å². The third-order valence-electron chi connectivity index (χ3n) is 3.58.